The summed E-state index contributed by atoms with van der Waals surface area (Å²) in [6, 6.07) is 2.16. The molecule has 1 aromatic rings. The Hall–Kier alpha value is -1.14. The van der Waals surface area contributed by atoms with Crippen molar-refractivity contribution in [3.05, 3.63) is 22.9 Å². The molecule has 1 aliphatic carbocycles. The highest BCUT2D eigenvalue weighted by atomic mass is 32.2. The van der Waals surface area contributed by atoms with Gasteiger partial charge in [0.05, 0.1) is 11.5 Å². The molecule has 0 unspecified atom stereocenters. The van der Waals surface area contributed by atoms with Crippen LogP contribution in [0.4, 0.5) is 5.82 Å². The van der Waals surface area contributed by atoms with Crippen molar-refractivity contribution in [1.29, 1.82) is 0 Å². The predicted octanol–water partition coefficient (Wildman–Crippen LogP) is 0.264. The lowest BCUT2D eigenvalue weighted by atomic mass is 10.1. The lowest BCUT2D eigenvalue weighted by Gasteiger charge is -2.29. The van der Waals surface area contributed by atoms with E-state index in [1.54, 1.807) is 0 Å². The maximum absolute atomic E-state index is 11.5. The largest absolute Gasteiger partial charge is 0.354 e. The Morgan fingerprint density at radius 2 is 2.00 bits per heavy atom. The standard InChI is InChI=1S/C13H19N3O2S/c14-9-11-8-10-2-1-3-12(10)15-13(11)16-4-6-19(17,18)7-5-16/h8H,1-7,9,14H2. The van der Waals surface area contributed by atoms with Crippen molar-refractivity contribution in [2.24, 2.45) is 5.73 Å². The zero-order valence-corrected chi connectivity index (χ0v) is 11.7. The molecule has 0 aromatic carbocycles. The number of nitrogens with zero attached hydrogens (tertiary/aromatic N) is 2. The second kappa shape index (κ2) is 4.76. The van der Waals surface area contributed by atoms with E-state index in [-0.39, 0.29) is 11.5 Å². The van der Waals surface area contributed by atoms with Crippen LogP contribution in [-0.2, 0) is 29.2 Å². The van der Waals surface area contributed by atoms with E-state index in [1.807, 2.05) is 0 Å². The molecule has 1 fully saturated rings. The van der Waals surface area contributed by atoms with Crippen LogP contribution < -0.4 is 10.6 Å². The number of aromatic nitrogens is 1. The molecular formula is C13H19N3O2S. The summed E-state index contributed by atoms with van der Waals surface area (Å²) in [6.07, 6.45) is 3.27. The fraction of sp³-hybridized carbons (Fsp3) is 0.615. The first-order chi connectivity index (χ1) is 9.09. The van der Waals surface area contributed by atoms with Crippen LogP contribution in [0.15, 0.2) is 6.07 Å². The highest BCUT2D eigenvalue weighted by molar-refractivity contribution is 7.91. The molecule has 0 amide bonds. The zero-order valence-electron chi connectivity index (χ0n) is 10.9. The van der Waals surface area contributed by atoms with Gasteiger partial charge in [-0.15, -0.1) is 0 Å². The normalized spacial score (nSPS) is 21.4. The first-order valence-electron chi connectivity index (χ1n) is 6.76. The summed E-state index contributed by atoms with van der Waals surface area (Å²) in [5, 5.41) is 0. The van der Waals surface area contributed by atoms with Gasteiger partial charge >= 0.3 is 0 Å². The number of nitrogens with two attached hydrogens (primary N) is 1. The van der Waals surface area contributed by atoms with Crippen molar-refractivity contribution in [2.45, 2.75) is 25.8 Å². The maximum Gasteiger partial charge on any atom is 0.153 e. The van der Waals surface area contributed by atoms with E-state index in [9.17, 15) is 8.42 Å². The average Bonchev–Trinajstić information content (AvgIpc) is 2.84. The summed E-state index contributed by atoms with van der Waals surface area (Å²) in [6.45, 7) is 1.51. The third-order valence-electron chi connectivity index (χ3n) is 3.97. The van der Waals surface area contributed by atoms with Gasteiger partial charge in [0.1, 0.15) is 5.82 Å². The molecule has 5 nitrogen and oxygen atoms in total. The number of anilines is 1. The maximum atomic E-state index is 11.5. The van der Waals surface area contributed by atoms with Gasteiger partial charge < -0.3 is 10.6 Å². The van der Waals surface area contributed by atoms with Gasteiger partial charge in [-0.05, 0) is 30.9 Å². The molecule has 1 aliphatic heterocycles. The summed E-state index contributed by atoms with van der Waals surface area (Å²) in [5.74, 6) is 1.34. The minimum absolute atomic E-state index is 0.218. The average molecular weight is 281 g/mol. The quantitative estimate of drug-likeness (QED) is 0.841. The monoisotopic (exact) mass is 281 g/mol. The summed E-state index contributed by atoms with van der Waals surface area (Å²) < 4.78 is 23.0. The van der Waals surface area contributed by atoms with Crippen molar-refractivity contribution < 1.29 is 8.42 Å². The van der Waals surface area contributed by atoms with Crippen LogP contribution in [-0.4, -0.2) is 38.0 Å². The Labute approximate surface area is 113 Å². The third kappa shape index (κ3) is 2.47. The molecule has 1 aromatic heterocycles. The number of rotatable bonds is 2. The van der Waals surface area contributed by atoms with Gasteiger partial charge in [-0.1, -0.05) is 0 Å². The van der Waals surface area contributed by atoms with Crippen molar-refractivity contribution >= 4 is 15.7 Å². The van der Waals surface area contributed by atoms with Gasteiger partial charge in [-0.3, -0.25) is 0 Å². The number of fused-ring (bicyclic) bond motifs is 1. The molecule has 6 heteroatoms. The fourth-order valence-electron chi connectivity index (χ4n) is 2.86. The Morgan fingerprint density at radius 3 is 2.68 bits per heavy atom. The van der Waals surface area contributed by atoms with Crippen LogP contribution in [0.25, 0.3) is 0 Å². The van der Waals surface area contributed by atoms with E-state index in [2.05, 4.69) is 11.0 Å². The van der Waals surface area contributed by atoms with Crippen LogP contribution in [0.5, 0.6) is 0 Å². The number of sulfone groups is 1. The summed E-state index contributed by atoms with van der Waals surface area (Å²) >= 11 is 0. The molecule has 3 rings (SSSR count). The smallest absolute Gasteiger partial charge is 0.153 e. The molecule has 2 N–H and O–H groups in total. The number of hydrogen-bond acceptors (Lipinski definition) is 5. The van der Waals surface area contributed by atoms with Gasteiger partial charge in [0.15, 0.2) is 9.84 Å². The highest BCUT2D eigenvalue weighted by Crippen LogP contribution is 2.28. The van der Waals surface area contributed by atoms with E-state index >= 15 is 0 Å². The molecule has 2 heterocycles. The Balaban J connectivity index is 1.92. The van der Waals surface area contributed by atoms with Crippen molar-refractivity contribution in [2.75, 3.05) is 29.5 Å². The molecule has 0 spiro atoms. The Bertz CT molecular complexity index is 584. The van der Waals surface area contributed by atoms with Gasteiger partial charge in [-0.2, -0.15) is 0 Å². The van der Waals surface area contributed by atoms with Crippen LogP contribution in [0.2, 0.25) is 0 Å². The molecule has 0 saturated carbocycles. The number of aryl methyl sites for hydroxylation is 2. The molecule has 1 saturated heterocycles. The lowest BCUT2D eigenvalue weighted by Crippen LogP contribution is -2.41. The molecule has 104 valence electrons. The van der Waals surface area contributed by atoms with Crippen LogP contribution >= 0.6 is 0 Å². The fourth-order valence-corrected chi connectivity index (χ4v) is 4.06. The summed E-state index contributed by atoms with van der Waals surface area (Å²) in [5.41, 5.74) is 9.34. The summed E-state index contributed by atoms with van der Waals surface area (Å²) in [7, 11) is -2.86. The number of pyridine rings is 1. The van der Waals surface area contributed by atoms with Gasteiger partial charge in [0.25, 0.3) is 0 Å². The Morgan fingerprint density at radius 1 is 1.26 bits per heavy atom. The van der Waals surface area contributed by atoms with Crippen LogP contribution in [0.1, 0.15) is 23.2 Å². The van der Waals surface area contributed by atoms with Crippen LogP contribution in [0.3, 0.4) is 0 Å². The Kier molecular flexibility index (Phi) is 3.22. The molecule has 0 bridgehead atoms. The predicted molar refractivity (Wildman–Crippen MR) is 75.0 cm³/mol. The minimum atomic E-state index is -2.86. The summed E-state index contributed by atoms with van der Waals surface area (Å²) in [4.78, 5) is 6.82. The first-order valence-corrected chi connectivity index (χ1v) is 8.58. The number of hydrogen-bond donors (Lipinski definition) is 1. The minimum Gasteiger partial charge on any atom is -0.354 e. The second-order valence-corrected chi connectivity index (χ2v) is 7.58. The lowest BCUT2D eigenvalue weighted by molar-refractivity contribution is 0.586. The van der Waals surface area contributed by atoms with E-state index in [0.717, 1.165) is 30.6 Å². The van der Waals surface area contributed by atoms with E-state index < -0.39 is 9.84 Å². The zero-order chi connectivity index (χ0) is 13.5. The van der Waals surface area contributed by atoms with Crippen molar-refractivity contribution in [3.8, 4) is 0 Å². The first kappa shape index (κ1) is 12.9. The third-order valence-corrected chi connectivity index (χ3v) is 5.58. The van der Waals surface area contributed by atoms with Crippen LogP contribution in [0, 0.1) is 0 Å². The SMILES string of the molecule is NCc1cc2c(nc1N1CCS(=O)(=O)CC1)CCC2. The van der Waals surface area contributed by atoms with E-state index in [0.29, 0.717) is 19.6 Å². The molecular weight excluding hydrogens is 262 g/mol. The van der Waals surface area contributed by atoms with Crippen molar-refractivity contribution in [1.82, 2.24) is 4.98 Å². The van der Waals surface area contributed by atoms with E-state index in [4.69, 9.17) is 10.7 Å². The van der Waals surface area contributed by atoms with Crippen molar-refractivity contribution in [3.63, 3.8) is 0 Å². The topological polar surface area (TPSA) is 76.3 Å². The van der Waals surface area contributed by atoms with Gasteiger partial charge in [-0.25, -0.2) is 13.4 Å². The van der Waals surface area contributed by atoms with Gasteiger partial charge in [0.2, 0.25) is 0 Å². The molecule has 2 aliphatic rings. The molecule has 0 radical (unpaired) electrons. The van der Waals surface area contributed by atoms with E-state index in [1.165, 1.54) is 11.3 Å². The molecule has 19 heavy (non-hydrogen) atoms. The van der Waals surface area contributed by atoms with Gasteiger partial charge in [0, 0.05) is 30.9 Å². The second-order valence-electron chi connectivity index (χ2n) is 5.27. The highest BCUT2D eigenvalue weighted by Gasteiger charge is 2.25. The molecule has 0 atom stereocenters.